The third kappa shape index (κ3) is 3.12. The lowest BCUT2D eigenvalue weighted by Crippen LogP contribution is -2.07. The van der Waals surface area contributed by atoms with Crippen LogP contribution < -0.4 is 5.32 Å². The summed E-state index contributed by atoms with van der Waals surface area (Å²) >= 11 is 0. The molecular weight excluding hydrogens is 196 g/mol. The third-order valence-electron chi connectivity index (χ3n) is 1.97. The van der Waals surface area contributed by atoms with Crippen LogP contribution >= 0.6 is 0 Å². The maximum absolute atomic E-state index is 10.8. The van der Waals surface area contributed by atoms with E-state index in [1.54, 1.807) is 0 Å². The second kappa shape index (κ2) is 5.19. The van der Waals surface area contributed by atoms with Gasteiger partial charge in [-0.2, -0.15) is 0 Å². The van der Waals surface area contributed by atoms with Crippen molar-refractivity contribution in [3.05, 3.63) is 17.8 Å². The van der Waals surface area contributed by atoms with Crippen LogP contribution in [0, 0.1) is 0 Å². The largest absolute Gasteiger partial charge is 0.493 e. The summed E-state index contributed by atoms with van der Waals surface area (Å²) in [6.45, 7) is 2.75. The van der Waals surface area contributed by atoms with Crippen LogP contribution in [0.15, 0.2) is 12.3 Å². The third-order valence-corrected chi connectivity index (χ3v) is 1.97. The molecule has 1 aromatic heterocycles. The van der Waals surface area contributed by atoms with Gasteiger partial charge in [0, 0.05) is 12.6 Å². The van der Waals surface area contributed by atoms with Crippen molar-refractivity contribution >= 4 is 11.7 Å². The number of carboxylic acids is 1. The highest BCUT2D eigenvalue weighted by atomic mass is 16.4. The average Bonchev–Trinajstić information content (AvgIpc) is 2.20. The topological polar surface area (TPSA) is 82.5 Å². The number of pyridine rings is 1. The molecule has 15 heavy (non-hydrogen) atoms. The average molecular weight is 210 g/mol. The van der Waals surface area contributed by atoms with Gasteiger partial charge in [-0.3, -0.25) is 0 Å². The number of hydrogen-bond donors (Lipinski definition) is 3. The molecule has 5 heteroatoms. The molecule has 1 aromatic rings. The Balaban J connectivity index is 2.81. The zero-order valence-corrected chi connectivity index (χ0v) is 8.53. The lowest BCUT2D eigenvalue weighted by atomic mass is 10.2. The Morgan fingerprint density at radius 3 is 2.93 bits per heavy atom. The van der Waals surface area contributed by atoms with Gasteiger partial charge in [0.15, 0.2) is 0 Å². The van der Waals surface area contributed by atoms with Crippen LogP contribution in [0.25, 0.3) is 0 Å². The number of aromatic hydroxyl groups is 1. The molecule has 0 unspecified atom stereocenters. The van der Waals surface area contributed by atoms with E-state index >= 15 is 0 Å². The number of hydrogen-bond acceptors (Lipinski definition) is 4. The summed E-state index contributed by atoms with van der Waals surface area (Å²) < 4.78 is 0. The number of nitrogens with one attached hydrogen (secondary N) is 1. The van der Waals surface area contributed by atoms with Gasteiger partial charge < -0.3 is 15.5 Å². The van der Waals surface area contributed by atoms with Crippen molar-refractivity contribution in [2.75, 3.05) is 11.9 Å². The van der Waals surface area contributed by atoms with Crippen LogP contribution in [-0.2, 0) is 0 Å². The molecule has 1 rings (SSSR count). The number of carbonyl (C=O) groups is 1. The molecule has 0 saturated carbocycles. The molecule has 5 nitrogen and oxygen atoms in total. The maximum atomic E-state index is 10.8. The van der Waals surface area contributed by atoms with E-state index in [0.717, 1.165) is 18.9 Å². The zero-order chi connectivity index (χ0) is 11.3. The van der Waals surface area contributed by atoms with E-state index in [1.807, 2.05) is 0 Å². The van der Waals surface area contributed by atoms with E-state index in [2.05, 4.69) is 17.2 Å². The highest BCUT2D eigenvalue weighted by Gasteiger charge is 2.11. The molecule has 0 bridgehead atoms. The van der Waals surface area contributed by atoms with Crippen LogP contribution in [0.4, 0.5) is 5.69 Å². The summed E-state index contributed by atoms with van der Waals surface area (Å²) in [6, 6.07) is 1.14. The Labute approximate surface area is 87.8 Å². The quantitative estimate of drug-likeness (QED) is 0.644. The standard InChI is InChI=1S/C10H14N2O3/c1-2-3-4-11-8-6-12-9(13)5-7(8)10(14)15/h5-6,11H,2-4H2,1H3,(H,12,13)(H,14,15). The van der Waals surface area contributed by atoms with Gasteiger partial charge in [-0.1, -0.05) is 13.3 Å². The molecule has 0 amide bonds. The van der Waals surface area contributed by atoms with E-state index in [4.69, 9.17) is 10.2 Å². The van der Waals surface area contributed by atoms with Gasteiger partial charge in [0.25, 0.3) is 0 Å². The molecule has 0 aliphatic rings. The van der Waals surface area contributed by atoms with Crippen LogP contribution in [-0.4, -0.2) is 27.7 Å². The molecule has 0 aliphatic heterocycles. The van der Waals surface area contributed by atoms with Gasteiger partial charge >= 0.3 is 5.97 Å². The first-order chi connectivity index (χ1) is 7.15. The van der Waals surface area contributed by atoms with Gasteiger partial charge in [0.1, 0.15) is 0 Å². The Morgan fingerprint density at radius 1 is 1.60 bits per heavy atom. The van der Waals surface area contributed by atoms with E-state index in [0.29, 0.717) is 12.2 Å². The van der Waals surface area contributed by atoms with Gasteiger partial charge in [-0.15, -0.1) is 0 Å². The van der Waals surface area contributed by atoms with Crippen molar-refractivity contribution in [2.24, 2.45) is 0 Å². The Bertz CT molecular complexity index is 353. The Morgan fingerprint density at radius 2 is 2.33 bits per heavy atom. The molecular formula is C10H14N2O3. The van der Waals surface area contributed by atoms with Crippen LogP contribution in [0.3, 0.4) is 0 Å². The highest BCUT2D eigenvalue weighted by molar-refractivity contribution is 5.94. The Kier molecular flexibility index (Phi) is 3.91. The van der Waals surface area contributed by atoms with Crippen molar-refractivity contribution < 1.29 is 15.0 Å². The number of aromatic carboxylic acids is 1. The molecule has 0 saturated heterocycles. The first-order valence-electron chi connectivity index (χ1n) is 4.81. The van der Waals surface area contributed by atoms with E-state index in [1.165, 1.54) is 6.20 Å². The van der Waals surface area contributed by atoms with Crippen LogP contribution in [0.2, 0.25) is 0 Å². The van der Waals surface area contributed by atoms with Gasteiger partial charge in [0.05, 0.1) is 17.4 Å². The molecule has 0 fully saturated rings. The summed E-state index contributed by atoms with van der Waals surface area (Å²) in [5.41, 5.74) is 0.479. The molecule has 1 heterocycles. The zero-order valence-electron chi connectivity index (χ0n) is 8.53. The predicted molar refractivity (Wildman–Crippen MR) is 56.3 cm³/mol. The van der Waals surface area contributed by atoms with Crippen molar-refractivity contribution in [3.63, 3.8) is 0 Å². The van der Waals surface area contributed by atoms with Crippen LogP contribution in [0.5, 0.6) is 5.88 Å². The van der Waals surface area contributed by atoms with Crippen molar-refractivity contribution in [3.8, 4) is 5.88 Å². The second-order valence-electron chi connectivity index (χ2n) is 3.17. The summed E-state index contributed by atoms with van der Waals surface area (Å²) in [5, 5.41) is 20.9. The van der Waals surface area contributed by atoms with E-state index < -0.39 is 5.97 Å². The predicted octanol–water partition coefficient (Wildman–Crippen LogP) is 1.70. The van der Waals surface area contributed by atoms with Crippen molar-refractivity contribution in [1.82, 2.24) is 4.98 Å². The number of nitrogens with zero attached hydrogens (tertiary/aromatic N) is 1. The van der Waals surface area contributed by atoms with Crippen molar-refractivity contribution in [2.45, 2.75) is 19.8 Å². The highest BCUT2D eigenvalue weighted by Crippen LogP contribution is 2.18. The summed E-state index contributed by atoms with van der Waals surface area (Å²) in [4.78, 5) is 14.5. The molecule has 0 atom stereocenters. The van der Waals surface area contributed by atoms with E-state index in [9.17, 15) is 4.79 Å². The molecule has 3 N–H and O–H groups in total. The monoisotopic (exact) mass is 210 g/mol. The Hall–Kier alpha value is -1.78. The SMILES string of the molecule is CCCCNc1cnc(O)cc1C(=O)O. The fourth-order valence-electron chi connectivity index (χ4n) is 1.16. The number of carboxylic acid groups (broad SMARTS) is 1. The second-order valence-corrected chi connectivity index (χ2v) is 3.17. The van der Waals surface area contributed by atoms with Crippen molar-refractivity contribution in [1.29, 1.82) is 0 Å². The maximum Gasteiger partial charge on any atom is 0.338 e. The number of unbranched alkanes of at least 4 members (excludes halogenated alkanes) is 1. The lowest BCUT2D eigenvalue weighted by Gasteiger charge is -2.08. The summed E-state index contributed by atoms with van der Waals surface area (Å²) in [5.74, 6) is -1.36. The number of aromatic nitrogens is 1. The first-order valence-corrected chi connectivity index (χ1v) is 4.81. The molecule has 0 radical (unpaired) electrons. The molecule has 0 spiro atoms. The molecule has 82 valence electrons. The minimum absolute atomic E-state index is 0.0404. The molecule has 0 aliphatic carbocycles. The first kappa shape index (κ1) is 11.3. The summed E-state index contributed by atoms with van der Waals surface area (Å²) in [6.07, 6.45) is 3.31. The number of anilines is 1. The summed E-state index contributed by atoms with van der Waals surface area (Å²) in [7, 11) is 0. The number of rotatable bonds is 5. The smallest absolute Gasteiger partial charge is 0.338 e. The van der Waals surface area contributed by atoms with Gasteiger partial charge in [-0.25, -0.2) is 9.78 Å². The molecule has 0 aromatic carbocycles. The normalized spacial score (nSPS) is 9.93. The fourth-order valence-corrected chi connectivity index (χ4v) is 1.16. The van der Waals surface area contributed by atoms with Gasteiger partial charge in [-0.05, 0) is 6.42 Å². The fraction of sp³-hybridized carbons (Fsp3) is 0.400. The van der Waals surface area contributed by atoms with Gasteiger partial charge in [0.2, 0.25) is 5.88 Å². The lowest BCUT2D eigenvalue weighted by molar-refractivity contribution is 0.0697. The minimum atomic E-state index is -1.08. The van der Waals surface area contributed by atoms with Crippen LogP contribution in [0.1, 0.15) is 30.1 Å². The van der Waals surface area contributed by atoms with E-state index in [-0.39, 0.29) is 11.4 Å². The minimum Gasteiger partial charge on any atom is -0.493 e.